The molecule has 2 heterocycles. The van der Waals surface area contributed by atoms with Crippen LogP contribution in [0.15, 0.2) is 23.8 Å². The molecule has 118 valence electrons. The summed E-state index contributed by atoms with van der Waals surface area (Å²) in [5.74, 6) is 1.10. The molecule has 0 amide bonds. The zero-order valence-electron chi connectivity index (χ0n) is 13.3. The summed E-state index contributed by atoms with van der Waals surface area (Å²) in [6.45, 7) is 2.14. The van der Waals surface area contributed by atoms with Gasteiger partial charge < -0.3 is 14.6 Å². The van der Waals surface area contributed by atoms with E-state index in [-0.39, 0.29) is 17.4 Å². The van der Waals surface area contributed by atoms with Crippen molar-refractivity contribution in [3.63, 3.8) is 0 Å². The van der Waals surface area contributed by atoms with Gasteiger partial charge in [0.15, 0.2) is 0 Å². The summed E-state index contributed by atoms with van der Waals surface area (Å²) in [4.78, 5) is 2.57. The molecule has 0 bridgehead atoms. The summed E-state index contributed by atoms with van der Waals surface area (Å²) in [7, 11) is 3.48. The lowest BCUT2D eigenvalue weighted by molar-refractivity contribution is 0.0287. The SMILES string of the molecule is COc1cc(O)cc2c1CCN1CCC3=CCC(OC)CC321. The fourth-order valence-electron chi connectivity index (χ4n) is 4.70. The largest absolute Gasteiger partial charge is 0.508 e. The molecule has 1 aromatic rings. The molecule has 2 aliphatic heterocycles. The summed E-state index contributed by atoms with van der Waals surface area (Å²) in [6.07, 6.45) is 6.66. The number of nitrogens with zero attached hydrogens (tertiary/aromatic N) is 1. The van der Waals surface area contributed by atoms with Gasteiger partial charge in [-0.3, -0.25) is 4.90 Å². The molecule has 1 saturated heterocycles. The van der Waals surface area contributed by atoms with Gasteiger partial charge in [-0.15, -0.1) is 0 Å². The van der Waals surface area contributed by atoms with Gasteiger partial charge in [0.25, 0.3) is 0 Å². The lowest BCUT2D eigenvalue weighted by Crippen LogP contribution is -2.50. The number of benzene rings is 1. The number of ether oxygens (including phenoxy) is 2. The van der Waals surface area contributed by atoms with Gasteiger partial charge in [0, 0.05) is 38.2 Å². The molecule has 0 aromatic heterocycles. The predicted octanol–water partition coefficient (Wildman–Crippen LogP) is 2.59. The molecule has 1 aliphatic carbocycles. The Morgan fingerprint density at radius 1 is 1.23 bits per heavy atom. The van der Waals surface area contributed by atoms with Crippen molar-refractivity contribution < 1.29 is 14.6 Å². The number of hydrogen-bond acceptors (Lipinski definition) is 4. The van der Waals surface area contributed by atoms with Crippen molar-refractivity contribution in [1.82, 2.24) is 4.90 Å². The van der Waals surface area contributed by atoms with Gasteiger partial charge in [0.1, 0.15) is 11.5 Å². The Bertz CT molecular complexity index is 639. The molecule has 4 heteroatoms. The second kappa shape index (κ2) is 5.00. The molecule has 1 N–H and O–H groups in total. The highest BCUT2D eigenvalue weighted by atomic mass is 16.5. The fourth-order valence-corrected chi connectivity index (χ4v) is 4.70. The maximum atomic E-state index is 10.2. The van der Waals surface area contributed by atoms with E-state index in [1.807, 2.05) is 6.07 Å². The minimum Gasteiger partial charge on any atom is -0.508 e. The second-order valence-corrected chi connectivity index (χ2v) is 6.55. The first-order valence-corrected chi connectivity index (χ1v) is 8.06. The van der Waals surface area contributed by atoms with Crippen molar-refractivity contribution in [3.05, 3.63) is 34.9 Å². The van der Waals surface area contributed by atoms with Crippen molar-refractivity contribution in [2.24, 2.45) is 0 Å². The number of phenols is 1. The van der Waals surface area contributed by atoms with E-state index in [2.05, 4.69) is 11.0 Å². The third kappa shape index (κ3) is 1.77. The van der Waals surface area contributed by atoms with Crippen LogP contribution in [0.1, 0.15) is 30.4 Å². The average Bonchev–Trinajstić information content (AvgIpc) is 2.93. The molecule has 4 nitrogen and oxygen atoms in total. The molecule has 2 unspecified atom stereocenters. The molecular formula is C18H23NO3. The summed E-state index contributed by atoms with van der Waals surface area (Å²) >= 11 is 0. The summed E-state index contributed by atoms with van der Waals surface area (Å²) in [5.41, 5.74) is 3.87. The number of hydrogen-bond donors (Lipinski definition) is 1. The van der Waals surface area contributed by atoms with Crippen LogP contribution in [0, 0.1) is 0 Å². The van der Waals surface area contributed by atoms with Crippen LogP contribution in [0.5, 0.6) is 11.5 Å². The first-order chi connectivity index (χ1) is 10.7. The zero-order valence-corrected chi connectivity index (χ0v) is 13.3. The minimum absolute atomic E-state index is 0.0987. The van der Waals surface area contributed by atoms with Crippen molar-refractivity contribution in [2.45, 2.75) is 37.3 Å². The highest BCUT2D eigenvalue weighted by molar-refractivity contribution is 5.55. The third-order valence-corrected chi connectivity index (χ3v) is 5.70. The van der Waals surface area contributed by atoms with E-state index in [1.54, 1.807) is 20.3 Å². The van der Waals surface area contributed by atoms with Crippen LogP contribution in [0.25, 0.3) is 0 Å². The van der Waals surface area contributed by atoms with E-state index in [0.717, 1.165) is 44.5 Å². The van der Waals surface area contributed by atoms with Crippen molar-refractivity contribution in [3.8, 4) is 11.5 Å². The lowest BCUT2D eigenvalue weighted by Gasteiger charge is -2.48. The van der Waals surface area contributed by atoms with Gasteiger partial charge in [-0.2, -0.15) is 0 Å². The number of phenolic OH excluding ortho intramolecular Hbond substituents is 1. The zero-order chi connectivity index (χ0) is 15.3. The van der Waals surface area contributed by atoms with Gasteiger partial charge in [0.2, 0.25) is 0 Å². The molecule has 1 spiro atoms. The molecular weight excluding hydrogens is 278 g/mol. The Kier molecular flexibility index (Phi) is 3.20. The topological polar surface area (TPSA) is 41.9 Å². The summed E-state index contributed by atoms with van der Waals surface area (Å²) < 4.78 is 11.2. The van der Waals surface area contributed by atoms with Gasteiger partial charge in [-0.1, -0.05) is 6.08 Å². The number of aromatic hydroxyl groups is 1. The Balaban J connectivity index is 1.94. The first kappa shape index (κ1) is 14.1. The Labute approximate surface area is 131 Å². The third-order valence-electron chi connectivity index (χ3n) is 5.70. The van der Waals surface area contributed by atoms with Crippen LogP contribution < -0.4 is 4.74 Å². The fraction of sp³-hybridized carbons (Fsp3) is 0.556. The highest BCUT2D eigenvalue weighted by Crippen LogP contribution is 2.54. The monoisotopic (exact) mass is 301 g/mol. The van der Waals surface area contributed by atoms with Crippen LogP contribution in [0.2, 0.25) is 0 Å². The molecule has 2 atom stereocenters. The van der Waals surface area contributed by atoms with E-state index >= 15 is 0 Å². The normalized spacial score (nSPS) is 30.3. The van der Waals surface area contributed by atoms with Gasteiger partial charge >= 0.3 is 0 Å². The highest BCUT2D eigenvalue weighted by Gasteiger charge is 2.52. The van der Waals surface area contributed by atoms with E-state index in [0.29, 0.717) is 0 Å². The molecule has 0 saturated carbocycles. The first-order valence-electron chi connectivity index (χ1n) is 8.06. The summed E-state index contributed by atoms with van der Waals surface area (Å²) in [6, 6.07) is 3.68. The maximum absolute atomic E-state index is 10.2. The van der Waals surface area contributed by atoms with E-state index in [1.165, 1.54) is 16.7 Å². The molecule has 4 rings (SSSR count). The second-order valence-electron chi connectivity index (χ2n) is 6.55. The Morgan fingerprint density at radius 3 is 2.82 bits per heavy atom. The molecule has 1 fully saturated rings. The molecule has 22 heavy (non-hydrogen) atoms. The van der Waals surface area contributed by atoms with Gasteiger partial charge in [0.05, 0.1) is 18.8 Å². The van der Waals surface area contributed by atoms with E-state index in [4.69, 9.17) is 9.47 Å². The number of rotatable bonds is 2. The predicted molar refractivity (Wildman–Crippen MR) is 84.3 cm³/mol. The maximum Gasteiger partial charge on any atom is 0.126 e. The molecule has 0 radical (unpaired) electrons. The van der Waals surface area contributed by atoms with Crippen LogP contribution in [-0.2, 0) is 16.7 Å². The smallest absolute Gasteiger partial charge is 0.126 e. The molecule has 3 aliphatic rings. The molecule has 1 aromatic carbocycles. The number of fused-ring (bicyclic) bond motifs is 1. The van der Waals surface area contributed by atoms with Gasteiger partial charge in [-0.25, -0.2) is 0 Å². The quantitative estimate of drug-likeness (QED) is 0.853. The number of methoxy groups -OCH3 is 2. The summed E-state index contributed by atoms with van der Waals surface area (Å²) in [5, 5.41) is 10.2. The van der Waals surface area contributed by atoms with Gasteiger partial charge in [-0.05, 0) is 36.5 Å². The van der Waals surface area contributed by atoms with Crippen LogP contribution >= 0.6 is 0 Å². The lowest BCUT2D eigenvalue weighted by atomic mass is 9.70. The minimum atomic E-state index is -0.0987. The van der Waals surface area contributed by atoms with E-state index < -0.39 is 0 Å². The van der Waals surface area contributed by atoms with Crippen LogP contribution in [0.4, 0.5) is 0 Å². The van der Waals surface area contributed by atoms with E-state index in [9.17, 15) is 5.11 Å². The van der Waals surface area contributed by atoms with Crippen LogP contribution in [-0.4, -0.2) is 43.4 Å². The van der Waals surface area contributed by atoms with Crippen LogP contribution in [0.3, 0.4) is 0 Å². The van der Waals surface area contributed by atoms with Crippen molar-refractivity contribution in [2.75, 3.05) is 27.3 Å². The average molecular weight is 301 g/mol. The Morgan fingerprint density at radius 2 is 2.05 bits per heavy atom. The van der Waals surface area contributed by atoms with Crippen molar-refractivity contribution >= 4 is 0 Å². The Hall–Kier alpha value is -1.52. The standard InChI is InChI=1S/C18H23NO3/c1-21-14-4-3-12-5-7-19-8-6-15-16(18(12,19)11-14)9-13(20)10-17(15)22-2/h3,9-10,14,20H,4-8,11H2,1-2H3. The van der Waals surface area contributed by atoms with Crippen molar-refractivity contribution in [1.29, 1.82) is 0 Å².